The summed E-state index contributed by atoms with van der Waals surface area (Å²) in [5.41, 5.74) is 4.40. The van der Waals surface area contributed by atoms with Gasteiger partial charge in [-0.25, -0.2) is 4.98 Å². The summed E-state index contributed by atoms with van der Waals surface area (Å²) in [5.74, 6) is 0.639. The lowest BCUT2D eigenvalue weighted by molar-refractivity contribution is 0.399. The van der Waals surface area contributed by atoms with Crippen LogP contribution in [0.2, 0.25) is 0 Å². The summed E-state index contributed by atoms with van der Waals surface area (Å²) in [4.78, 5) is 8.94. The van der Waals surface area contributed by atoms with E-state index in [1.807, 2.05) is 24.5 Å². The Morgan fingerprint density at radius 3 is 2.65 bits per heavy atom. The maximum absolute atomic E-state index is 5.23. The smallest absolute Gasteiger partial charge is 0.213 e. The third-order valence-corrected chi connectivity index (χ3v) is 4.15. The van der Waals surface area contributed by atoms with E-state index in [0.29, 0.717) is 5.88 Å². The molecular formula is C20H16N2O. The van der Waals surface area contributed by atoms with E-state index < -0.39 is 0 Å². The number of hydrogen-bond donors (Lipinski definition) is 0. The number of fused-ring (bicyclic) bond motifs is 2. The van der Waals surface area contributed by atoms with Crippen LogP contribution >= 0.6 is 0 Å². The largest absolute Gasteiger partial charge is 0.481 e. The summed E-state index contributed by atoms with van der Waals surface area (Å²) in [6.07, 6.45) is 3.83. The molecule has 0 amide bonds. The number of nitrogens with zero attached hydrogens (tertiary/aromatic N) is 2. The second kappa shape index (κ2) is 5.36. The first-order chi connectivity index (χ1) is 11.3. The molecule has 0 radical (unpaired) electrons. The van der Waals surface area contributed by atoms with Crippen LogP contribution in [0.15, 0.2) is 60.9 Å². The molecule has 0 atom stereocenters. The van der Waals surface area contributed by atoms with Gasteiger partial charge in [0.25, 0.3) is 0 Å². The van der Waals surface area contributed by atoms with Crippen LogP contribution in [0.4, 0.5) is 0 Å². The molecule has 0 aliphatic rings. The van der Waals surface area contributed by atoms with E-state index in [1.165, 1.54) is 5.39 Å². The Morgan fingerprint density at radius 1 is 0.913 bits per heavy atom. The molecule has 2 heterocycles. The van der Waals surface area contributed by atoms with E-state index >= 15 is 0 Å². The SMILES string of the molecule is COc1ccc2cc(-c3cncc4ccccc34)cc(C)c2n1. The fourth-order valence-electron chi connectivity index (χ4n) is 3.01. The van der Waals surface area contributed by atoms with Crippen molar-refractivity contribution in [1.82, 2.24) is 9.97 Å². The molecule has 0 unspecified atom stereocenters. The molecule has 3 heteroatoms. The molecule has 0 aliphatic heterocycles. The van der Waals surface area contributed by atoms with Gasteiger partial charge in [-0.05, 0) is 41.6 Å². The van der Waals surface area contributed by atoms with Crippen molar-refractivity contribution in [2.75, 3.05) is 7.11 Å². The zero-order valence-electron chi connectivity index (χ0n) is 13.1. The van der Waals surface area contributed by atoms with Crippen LogP contribution in [-0.4, -0.2) is 17.1 Å². The van der Waals surface area contributed by atoms with Crippen molar-refractivity contribution in [1.29, 1.82) is 0 Å². The van der Waals surface area contributed by atoms with Gasteiger partial charge in [0.05, 0.1) is 12.6 Å². The van der Waals surface area contributed by atoms with E-state index in [4.69, 9.17) is 4.74 Å². The number of aryl methyl sites for hydroxylation is 1. The number of aromatic nitrogens is 2. The maximum Gasteiger partial charge on any atom is 0.213 e. The zero-order chi connectivity index (χ0) is 15.8. The molecule has 4 rings (SSSR count). The monoisotopic (exact) mass is 300 g/mol. The van der Waals surface area contributed by atoms with Crippen molar-refractivity contribution >= 4 is 21.7 Å². The fraction of sp³-hybridized carbons (Fsp3) is 0.100. The van der Waals surface area contributed by atoms with Crippen LogP contribution in [0.25, 0.3) is 32.8 Å². The maximum atomic E-state index is 5.23. The van der Waals surface area contributed by atoms with E-state index in [-0.39, 0.29) is 0 Å². The van der Waals surface area contributed by atoms with Gasteiger partial charge >= 0.3 is 0 Å². The van der Waals surface area contributed by atoms with Crippen LogP contribution in [-0.2, 0) is 0 Å². The molecule has 0 saturated carbocycles. The summed E-state index contributed by atoms with van der Waals surface area (Å²) in [7, 11) is 1.64. The van der Waals surface area contributed by atoms with Gasteiger partial charge in [0.1, 0.15) is 0 Å². The third kappa shape index (κ3) is 2.30. The van der Waals surface area contributed by atoms with Crippen molar-refractivity contribution < 1.29 is 4.74 Å². The molecule has 0 N–H and O–H groups in total. The predicted octanol–water partition coefficient (Wildman–Crippen LogP) is 4.77. The fourth-order valence-corrected chi connectivity index (χ4v) is 3.01. The van der Waals surface area contributed by atoms with Gasteiger partial charge in [-0.1, -0.05) is 24.3 Å². The summed E-state index contributed by atoms with van der Waals surface area (Å²) >= 11 is 0. The average Bonchev–Trinajstić information content (AvgIpc) is 2.61. The lowest BCUT2D eigenvalue weighted by atomic mass is 9.97. The molecule has 2 aromatic heterocycles. The number of benzene rings is 2. The molecule has 4 aromatic rings. The van der Waals surface area contributed by atoms with Crippen LogP contribution in [0.1, 0.15) is 5.56 Å². The number of methoxy groups -OCH3 is 1. The first kappa shape index (κ1) is 13.7. The normalized spacial score (nSPS) is 11.0. The second-order valence-corrected chi connectivity index (χ2v) is 5.63. The van der Waals surface area contributed by atoms with Gasteiger partial charge in [-0.3, -0.25) is 4.98 Å². The van der Waals surface area contributed by atoms with Gasteiger partial charge in [-0.2, -0.15) is 0 Å². The molecule has 2 aromatic carbocycles. The predicted molar refractivity (Wildman–Crippen MR) is 93.8 cm³/mol. The highest BCUT2D eigenvalue weighted by molar-refractivity contribution is 5.98. The van der Waals surface area contributed by atoms with Crippen molar-refractivity contribution in [3.63, 3.8) is 0 Å². The summed E-state index contributed by atoms with van der Waals surface area (Å²) in [5, 5.41) is 3.46. The van der Waals surface area contributed by atoms with Crippen molar-refractivity contribution in [2.24, 2.45) is 0 Å². The first-order valence-electron chi connectivity index (χ1n) is 7.55. The van der Waals surface area contributed by atoms with Gasteiger partial charge < -0.3 is 4.74 Å². The standard InChI is InChI=1S/C20H16N2O/c1-13-9-16(10-14-7-8-19(23-2)22-20(13)14)18-12-21-11-15-5-3-4-6-17(15)18/h3-12H,1-2H3. The zero-order valence-corrected chi connectivity index (χ0v) is 13.1. The number of pyridine rings is 2. The lowest BCUT2D eigenvalue weighted by Gasteiger charge is -2.10. The molecule has 0 aliphatic carbocycles. The number of hydrogen-bond acceptors (Lipinski definition) is 3. The van der Waals surface area contributed by atoms with Crippen LogP contribution in [0.3, 0.4) is 0 Å². The molecule has 0 fully saturated rings. The van der Waals surface area contributed by atoms with Crippen molar-refractivity contribution in [3.8, 4) is 17.0 Å². The Morgan fingerprint density at radius 2 is 1.78 bits per heavy atom. The molecule has 0 saturated heterocycles. The lowest BCUT2D eigenvalue weighted by Crippen LogP contribution is -1.91. The highest BCUT2D eigenvalue weighted by atomic mass is 16.5. The van der Waals surface area contributed by atoms with Gasteiger partial charge in [0.2, 0.25) is 5.88 Å². The molecule has 0 bridgehead atoms. The van der Waals surface area contributed by atoms with Crippen molar-refractivity contribution in [2.45, 2.75) is 6.92 Å². The number of ether oxygens (including phenoxy) is 1. The third-order valence-electron chi connectivity index (χ3n) is 4.15. The minimum Gasteiger partial charge on any atom is -0.481 e. The Labute approximate surface area is 134 Å². The highest BCUT2D eigenvalue weighted by Crippen LogP contribution is 2.31. The van der Waals surface area contributed by atoms with Gasteiger partial charge in [0, 0.05) is 34.8 Å². The van der Waals surface area contributed by atoms with Gasteiger partial charge in [-0.15, -0.1) is 0 Å². The Balaban J connectivity index is 1.98. The highest BCUT2D eigenvalue weighted by Gasteiger charge is 2.08. The molecular weight excluding hydrogens is 284 g/mol. The molecule has 112 valence electrons. The first-order valence-corrected chi connectivity index (χ1v) is 7.55. The number of rotatable bonds is 2. The van der Waals surface area contributed by atoms with Crippen LogP contribution in [0, 0.1) is 6.92 Å². The summed E-state index contributed by atoms with van der Waals surface area (Å²) in [6.45, 7) is 2.08. The minimum atomic E-state index is 0.639. The topological polar surface area (TPSA) is 35.0 Å². The van der Waals surface area contributed by atoms with Gasteiger partial charge in [0.15, 0.2) is 0 Å². The Kier molecular flexibility index (Phi) is 3.19. The molecule has 3 nitrogen and oxygen atoms in total. The average molecular weight is 300 g/mol. The summed E-state index contributed by atoms with van der Waals surface area (Å²) < 4.78 is 5.23. The van der Waals surface area contributed by atoms with E-state index in [2.05, 4.69) is 53.3 Å². The van der Waals surface area contributed by atoms with Crippen molar-refractivity contribution in [3.05, 3.63) is 66.5 Å². The Bertz CT molecular complexity index is 1020. The minimum absolute atomic E-state index is 0.639. The van der Waals surface area contributed by atoms with Crippen LogP contribution < -0.4 is 4.74 Å². The molecule has 23 heavy (non-hydrogen) atoms. The van der Waals surface area contributed by atoms with E-state index in [9.17, 15) is 0 Å². The quantitative estimate of drug-likeness (QED) is 0.535. The second-order valence-electron chi connectivity index (χ2n) is 5.63. The van der Waals surface area contributed by atoms with E-state index in [0.717, 1.165) is 33.0 Å². The van der Waals surface area contributed by atoms with E-state index in [1.54, 1.807) is 7.11 Å². The summed E-state index contributed by atoms with van der Waals surface area (Å²) in [6, 6.07) is 16.6. The van der Waals surface area contributed by atoms with Crippen LogP contribution in [0.5, 0.6) is 5.88 Å². The molecule has 0 spiro atoms. The Hall–Kier alpha value is -2.94.